The molecule has 1 amide bonds. The first-order valence-electron chi connectivity index (χ1n) is 8.31. The van der Waals surface area contributed by atoms with E-state index in [9.17, 15) is 13.2 Å². The predicted octanol–water partition coefficient (Wildman–Crippen LogP) is 3.03. The lowest BCUT2D eigenvalue weighted by Gasteiger charge is -2.29. The molecule has 0 unspecified atom stereocenters. The molecule has 2 atom stereocenters. The first-order chi connectivity index (χ1) is 11.3. The molecule has 24 heavy (non-hydrogen) atoms. The molecular weight excluding hydrogens is 326 g/mol. The highest BCUT2D eigenvalue weighted by Gasteiger charge is 2.39. The molecule has 0 radical (unpaired) electrons. The minimum atomic E-state index is -3.17. The summed E-state index contributed by atoms with van der Waals surface area (Å²) in [7, 11) is -1.47. The van der Waals surface area contributed by atoms with Gasteiger partial charge in [-0.05, 0) is 25.3 Å². The van der Waals surface area contributed by atoms with E-state index in [1.165, 1.54) is 6.26 Å². The van der Waals surface area contributed by atoms with Crippen molar-refractivity contribution in [3.8, 4) is 0 Å². The zero-order valence-electron chi connectivity index (χ0n) is 14.3. The van der Waals surface area contributed by atoms with Crippen molar-refractivity contribution in [2.24, 2.45) is 0 Å². The van der Waals surface area contributed by atoms with Crippen LogP contribution in [0.25, 0.3) is 11.0 Å². The molecule has 1 aromatic heterocycles. The van der Waals surface area contributed by atoms with Gasteiger partial charge in [-0.15, -0.1) is 0 Å². The molecule has 0 saturated heterocycles. The quantitative estimate of drug-likeness (QED) is 0.851. The molecule has 1 heterocycles. The number of benzene rings is 1. The van der Waals surface area contributed by atoms with Crippen LogP contribution in [0.4, 0.5) is 0 Å². The molecule has 1 aliphatic rings. The Morgan fingerprint density at radius 1 is 1.29 bits per heavy atom. The van der Waals surface area contributed by atoms with Crippen molar-refractivity contribution in [2.45, 2.75) is 43.9 Å². The first kappa shape index (κ1) is 17.0. The Morgan fingerprint density at radius 2 is 2.00 bits per heavy atom. The number of carbonyl (C=O) groups is 1. The number of fused-ring (bicyclic) bond motifs is 1. The fraction of sp³-hybridized carbons (Fsp3) is 0.500. The smallest absolute Gasteiger partial charge is 0.258 e. The van der Waals surface area contributed by atoms with Gasteiger partial charge in [-0.3, -0.25) is 4.79 Å². The summed E-state index contributed by atoms with van der Waals surface area (Å²) in [5.41, 5.74) is 1.26. The van der Waals surface area contributed by atoms with Crippen LogP contribution in [0.3, 0.4) is 0 Å². The third-order valence-corrected chi connectivity index (χ3v) is 6.64. The van der Waals surface area contributed by atoms with Crippen LogP contribution in [0.1, 0.15) is 42.3 Å². The van der Waals surface area contributed by atoms with Crippen LogP contribution >= 0.6 is 0 Å². The molecule has 3 rings (SSSR count). The van der Waals surface area contributed by atoms with Gasteiger partial charge in [-0.25, -0.2) is 8.42 Å². The zero-order chi connectivity index (χ0) is 17.5. The van der Waals surface area contributed by atoms with Crippen molar-refractivity contribution in [1.29, 1.82) is 0 Å². The van der Waals surface area contributed by atoms with E-state index < -0.39 is 15.1 Å². The first-order valence-corrected chi connectivity index (χ1v) is 10.3. The molecule has 0 N–H and O–H groups in total. The number of sulfone groups is 1. The lowest BCUT2D eigenvalue weighted by Crippen LogP contribution is -2.44. The minimum absolute atomic E-state index is 0.155. The van der Waals surface area contributed by atoms with Crippen molar-refractivity contribution in [1.82, 2.24) is 4.90 Å². The van der Waals surface area contributed by atoms with Crippen LogP contribution in [-0.4, -0.2) is 43.8 Å². The Kier molecular flexibility index (Phi) is 4.42. The van der Waals surface area contributed by atoms with Gasteiger partial charge in [0.15, 0.2) is 9.84 Å². The van der Waals surface area contributed by atoms with Gasteiger partial charge in [0.2, 0.25) is 0 Å². The van der Waals surface area contributed by atoms with Gasteiger partial charge >= 0.3 is 0 Å². The highest BCUT2D eigenvalue weighted by atomic mass is 32.2. The van der Waals surface area contributed by atoms with E-state index in [2.05, 4.69) is 0 Å². The van der Waals surface area contributed by atoms with E-state index >= 15 is 0 Å². The third kappa shape index (κ3) is 2.83. The van der Waals surface area contributed by atoms with Crippen LogP contribution in [0, 0.1) is 0 Å². The number of hydrogen-bond donors (Lipinski definition) is 0. The second-order valence-electron chi connectivity index (χ2n) is 6.53. The number of furan rings is 1. The topological polar surface area (TPSA) is 67.6 Å². The van der Waals surface area contributed by atoms with E-state index in [1.54, 1.807) is 11.9 Å². The third-order valence-electron chi connectivity index (χ3n) is 4.99. The summed E-state index contributed by atoms with van der Waals surface area (Å²) >= 11 is 0. The molecule has 1 saturated carbocycles. The van der Waals surface area contributed by atoms with E-state index in [0.29, 0.717) is 29.7 Å². The lowest BCUT2D eigenvalue weighted by atomic mass is 10.1. The molecule has 1 aromatic carbocycles. The maximum atomic E-state index is 13.1. The molecule has 6 heteroatoms. The molecule has 5 nitrogen and oxygen atoms in total. The molecule has 0 aliphatic heterocycles. The van der Waals surface area contributed by atoms with Gasteiger partial charge < -0.3 is 9.32 Å². The summed E-state index contributed by atoms with van der Waals surface area (Å²) in [5.74, 6) is 0.499. The molecule has 1 aliphatic carbocycles. The molecule has 0 bridgehead atoms. The summed E-state index contributed by atoms with van der Waals surface area (Å²) in [5, 5.41) is 0.315. The minimum Gasteiger partial charge on any atom is -0.460 e. The average Bonchev–Trinajstić information content (AvgIpc) is 3.17. The van der Waals surface area contributed by atoms with Gasteiger partial charge in [0.25, 0.3) is 5.91 Å². The number of amides is 1. The van der Waals surface area contributed by atoms with Gasteiger partial charge in [-0.2, -0.15) is 0 Å². The SMILES string of the molecule is CCc1oc2ccccc2c1C(=O)N(C)[C@H]1CCC[C@@H]1S(C)(=O)=O. The van der Waals surface area contributed by atoms with Crippen LogP contribution in [0.2, 0.25) is 0 Å². The Hall–Kier alpha value is -1.82. The highest BCUT2D eigenvalue weighted by molar-refractivity contribution is 7.91. The zero-order valence-corrected chi connectivity index (χ0v) is 15.1. The van der Waals surface area contributed by atoms with Crippen LogP contribution in [0.15, 0.2) is 28.7 Å². The summed E-state index contributed by atoms with van der Waals surface area (Å²) in [4.78, 5) is 14.7. The van der Waals surface area contributed by atoms with Crippen LogP contribution in [-0.2, 0) is 16.3 Å². The second kappa shape index (κ2) is 6.24. The summed E-state index contributed by atoms with van der Waals surface area (Å²) < 4.78 is 29.9. The van der Waals surface area contributed by atoms with E-state index in [0.717, 1.165) is 18.2 Å². The second-order valence-corrected chi connectivity index (χ2v) is 8.80. The van der Waals surface area contributed by atoms with Gasteiger partial charge in [0.05, 0.1) is 10.8 Å². The van der Waals surface area contributed by atoms with E-state index in [4.69, 9.17) is 4.42 Å². The highest BCUT2D eigenvalue weighted by Crippen LogP contribution is 2.32. The number of para-hydroxylation sites is 1. The van der Waals surface area contributed by atoms with E-state index in [1.807, 2.05) is 31.2 Å². The number of hydrogen-bond acceptors (Lipinski definition) is 4. The van der Waals surface area contributed by atoms with Crippen molar-refractivity contribution >= 4 is 26.7 Å². The van der Waals surface area contributed by atoms with Crippen molar-refractivity contribution in [3.05, 3.63) is 35.6 Å². The Bertz CT molecular complexity index is 868. The number of carbonyl (C=O) groups excluding carboxylic acids is 1. The van der Waals surface area contributed by atoms with Crippen molar-refractivity contribution in [3.63, 3.8) is 0 Å². The normalized spacial score (nSPS) is 21.3. The number of rotatable bonds is 4. The fourth-order valence-electron chi connectivity index (χ4n) is 3.76. The standard InChI is InChI=1S/C18H23NO4S/c1-4-14-17(12-8-5-6-10-15(12)23-14)18(20)19(2)13-9-7-11-16(13)24(3,21)22/h5-6,8,10,13,16H,4,7,9,11H2,1-3H3/t13-,16-/m0/s1. The number of nitrogens with zero attached hydrogens (tertiary/aromatic N) is 1. The fourth-order valence-corrected chi connectivity index (χ4v) is 5.24. The maximum absolute atomic E-state index is 13.1. The van der Waals surface area contributed by atoms with Gasteiger partial charge in [0, 0.05) is 31.2 Å². The van der Waals surface area contributed by atoms with Gasteiger partial charge in [-0.1, -0.05) is 25.1 Å². The van der Waals surface area contributed by atoms with Crippen molar-refractivity contribution in [2.75, 3.05) is 13.3 Å². The summed E-state index contributed by atoms with van der Waals surface area (Å²) in [6.45, 7) is 1.95. The van der Waals surface area contributed by atoms with Gasteiger partial charge in [0.1, 0.15) is 11.3 Å². The summed E-state index contributed by atoms with van der Waals surface area (Å²) in [6, 6.07) is 7.20. The lowest BCUT2D eigenvalue weighted by molar-refractivity contribution is 0.0737. The monoisotopic (exact) mass is 349 g/mol. The molecule has 1 fully saturated rings. The van der Waals surface area contributed by atoms with Crippen molar-refractivity contribution < 1.29 is 17.6 Å². The van der Waals surface area contributed by atoms with Crippen LogP contribution < -0.4 is 0 Å². The molecule has 2 aromatic rings. The average molecular weight is 349 g/mol. The molecule has 0 spiro atoms. The summed E-state index contributed by atoms with van der Waals surface area (Å²) in [6.07, 6.45) is 4.04. The maximum Gasteiger partial charge on any atom is 0.258 e. The van der Waals surface area contributed by atoms with Crippen LogP contribution in [0.5, 0.6) is 0 Å². The predicted molar refractivity (Wildman–Crippen MR) is 94.0 cm³/mol. The molecular formula is C18H23NO4S. The van der Waals surface area contributed by atoms with E-state index in [-0.39, 0.29) is 11.9 Å². The Labute approximate surface area is 142 Å². The largest absolute Gasteiger partial charge is 0.460 e. The Balaban J connectivity index is 2.00. The number of aryl methyl sites for hydroxylation is 1. The molecule has 130 valence electrons. The Morgan fingerprint density at radius 3 is 2.67 bits per heavy atom.